The van der Waals surface area contributed by atoms with Crippen LogP contribution < -0.4 is 9.64 Å². The van der Waals surface area contributed by atoms with Crippen LogP contribution in [0.1, 0.15) is 77.7 Å². The van der Waals surface area contributed by atoms with E-state index in [1.54, 1.807) is 26.4 Å². The van der Waals surface area contributed by atoms with Crippen LogP contribution in [0.15, 0.2) is 59.1 Å². The Kier molecular flexibility index (Phi) is 9.98. The van der Waals surface area contributed by atoms with Crippen molar-refractivity contribution in [2.75, 3.05) is 43.2 Å². The zero-order valence-corrected chi connectivity index (χ0v) is 30.3. The second-order valence-electron chi connectivity index (χ2n) is 14.8. The minimum atomic E-state index is -3.17. The summed E-state index contributed by atoms with van der Waals surface area (Å²) in [7, 11) is 0.337. The molecular formula is C39H49N5O5S. The number of methoxy groups -OCH3 is 1. The van der Waals surface area contributed by atoms with Crippen LogP contribution >= 0.6 is 0 Å². The van der Waals surface area contributed by atoms with E-state index >= 15 is 0 Å². The van der Waals surface area contributed by atoms with Crippen molar-refractivity contribution in [3.8, 4) is 5.75 Å². The number of hydrogen-bond donors (Lipinski definition) is 0. The Labute approximate surface area is 295 Å². The first-order chi connectivity index (χ1) is 24.1. The molecule has 10 nitrogen and oxygen atoms in total. The maximum Gasteiger partial charge on any atom is 0.285 e. The number of benzene rings is 2. The Balaban J connectivity index is 1.24. The van der Waals surface area contributed by atoms with Crippen molar-refractivity contribution in [2.24, 2.45) is 23.2 Å². The average molecular weight is 700 g/mol. The second kappa shape index (κ2) is 14.4. The zero-order chi connectivity index (χ0) is 34.9. The van der Waals surface area contributed by atoms with E-state index in [1.807, 2.05) is 12.1 Å². The Bertz CT molecular complexity index is 1910. The van der Waals surface area contributed by atoms with Gasteiger partial charge in [0.1, 0.15) is 11.5 Å². The van der Waals surface area contributed by atoms with E-state index in [1.165, 1.54) is 21.5 Å². The highest BCUT2D eigenvalue weighted by Crippen LogP contribution is 2.47. The maximum absolute atomic E-state index is 14.3. The minimum Gasteiger partial charge on any atom is -0.490 e. The fourth-order valence-corrected chi connectivity index (χ4v) is 10.4. The number of anilines is 1. The van der Waals surface area contributed by atoms with Gasteiger partial charge < -0.3 is 14.4 Å². The van der Waals surface area contributed by atoms with E-state index in [-0.39, 0.29) is 35.2 Å². The molecule has 1 amide bonds. The lowest BCUT2D eigenvalue weighted by molar-refractivity contribution is -0.116. The van der Waals surface area contributed by atoms with Crippen LogP contribution in [0, 0.1) is 18.8 Å². The van der Waals surface area contributed by atoms with E-state index < -0.39 is 15.6 Å². The highest BCUT2D eigenvalue weighted by atomic mass is 32.2. The summed E-state index contributed by atoms with van der Waals surface area (Å²) < 4.78 is 31.4. The molecule has 2 aliphatic carbocycles. The molecule has 1 spiro atoms. The lowest BCUT2D eigenvalue weighted by Crippen LogP contribution is -2.49. The molecule has 3 heterocycles. The molecule has 0 unspecified atom stereocenters. The average Bonchev–Trinajstić information content (AvgIpc) is 3.44. The lowest BCUT2D eigenvalue weighted by Gasteiger charge is -2.46. The molecule has 0 radical (unpaired) electrons. The highest BCUT2D eigenvalue weighted by molar-refractivity contribution is 7.94. The smallest absolute Gasteiger partial charge is 0.285 e. The van der Waals surface area contributed by atoms with Crippen molar-refractivity contribution in [3.05, 3.63) is 82.7 Å². The summed E-state index contributed by atoms with van der Waals surface area (Å²) in [5, 5.41) is 8.31. The molecule has 2 aromatic carbocycles. The summed E-state index contributed by atoms with van der Waals surface area (Å²) in [6.45, 7) is 4.32. The number of allylic oxidation sites excluding steroid dienone is 1. The van der Waals surface area contributed by atoms with Crippen LogP contribution in [0.25, 0.3) is 0 Å². The molecule has 1 saturated carbocycles. The number of carbonyl (C=O) groups is 2. The van der Waals surface area contributed by atoms with Crippen molar-refractivity contribution in [3.63, 3.8) is 0 Å². The summed E-state index contributed by atoms with van der Waals surface area (Å²) in [6.07, 6.45) is 13.0. The standard InChI is InChI=1S/C39H49N5O5S/c1-27-10-16-34-28(20-27)8-7-18-39(34)25-44-23-30-11-15-33(30)36(48-3)9-5-4-6-19-50(47,24-32(45)14-13-31-22-40-43(2)41-31)42-38(46)29-12-17-37(49-26-39)35(44)21-29/h5,9-10,12,16-17,20-22,30,33,36H,4,6-8,11,13-15,18-19,23-26H2,1-3H3/b9-5+/t30-,33+,36-,39-,50+/m0/s1. The van der Waals surface area contributed by atoms with Crippen LogP contribution in [0.4, 0.5) is 5.69 Å². The molecule has 266 valence electrons. The molecule has 1 aromatic heterocycles. The Morgan fingerprint density at radius 2 is 2.04 bits per heavy atom. The monoisotopic (exact) mass is 699 g/mol. The van der Waals surface area contributed by atoms with Crippen LogP contribution in [0.3, 0.4) is 0 Å². The summed E-state index contributed by atoms with van der Waals surface area (Å²) in [6, 6.07) is 12.3. The third-order valence-electron chi connectivity index (χ3n) is 11.2. The quantitative estimate of drug-likeness (QED) is 0.297. The number of Topliss-reactive ketones (excluding diaryl/α,β-unsaturated/α-hetero) is 1. The molecule has 5 atom stereocenters. The lowest BCUT2D eigenvalue weighted by atomic mass is 9.68. The van der Waals surface area contributed by atoms with E-state index in [4.69, 9.17) is 9.47 Å². The summed E-state index contributed by atoms with van der Waals surface area (Å²) >= 11 is 0. The molecular weight excluding hydrogens is 651 g/mol. The number of fused-ring (bicyclic) bond motifs is 4. The Hall–Kier alpha value is -3.83. The third-order valence-corrected chi connectivity index (χ3v) is 13.4. The predicted molar refractivity (Wildman–Crippen MR) is 194 cm³/mol. The van der Waals surface area contributed by atoms with Gasteiger partial charge >= 0.3 is 0 Å². The van der Waals surface area contributed by atoms with Crippen molar-refractivity contribution in [2.45, 2.75) is 76.2 Å². The van der Waals surface area contributed by atoms with Crippen LogP contribution in [0.5, 0.6) is 5.75 Å². The van der Waals surface area contributed by atoms with E-state index in [0.29, 0.717) is 49.0 Å². The van der Waals surface area contributed by atoms with Gasteiger partial charge in [-0.3, -0.25) is 9.59 Å². The van der Waals surface area contributed by atoms with Gasteiger partial charge in [-0.25, -0.2) is 4.21 Å². The van der Waals surface area contributed by atoms with Crippen LogP contribution in [-0.4, -0.2) is 75.3 Å². The van der Waals surface area contributed by atoms with Gasteiger partial charge in [0.05, 0.1) is 45.8 Å². The third kappa shape index (κ3) is 7.30. The van der Waals surface area contributed by atoms with Crippen molar-refractivity contribution < 1.29 is 23.3 Å². The first-order valence-electron chi connectivity index (χ1n) is 18.1. The SMILES string of the molecule is CO[C@H]1/C=C/CCC[S@@](=O)(CC(=O)CCc2cnn(C)n2)=NC(=O)c2ccc3c(c2)N(C[C@@H]2CC[C@H]21)C[C@@]1(CCCc2cc(C)ccc21)CO3. The zero-order valence-electron chi connectivity index (χ0n) is 29.5. The number of amides is 1. The molecule has 7 rings (SSSR count). The fraction of sp³-hybridized carbons (Fsp3) is 0.538. The number of ether oxygens (including phenoxy) is 2. The molecule has 1 fully saturated rings. The number of aromatic nitrogens is 3. The first kappa shape index (κ1) is 34.6. The van der Waals surface area contributed by atoms with Gasteiger partial charge in [0.15, 0.2) is 0 Å². The van der Waals surface area contributed by atoms with E-state index in [0.717, 1.165) is 56.6 Å². The maximum atomic E-state index is 14.3. The summed E-state index contributed by atoms with van der Waals surface area (Å²) in [4.78, 5) is 30.9. The summed E-state index contributed by atoms with van der Waals surface area (Å²) in [5.41, 5.74) is 5.79. The molecule has 0 saturated heterocycles. The molecule has 50 heavy (non-hydrogen) atoms. The largest absolute Gasteiger partial charge is 0.490 e. The predicted octanol–water partition coefficient (Wildman–Crippen LogP) is 5.80. The van der Waals surface area contributed by atoms with Crippen molar-refractivity contribution in [1.82, 2.24) is 15.0 Å². The fourth-order valence-electron chi connectivity index (χ4n) is 8.44. The minimum absolute atomic E-state index is 0.0127. The molecule has 0 N–H and O–H groups in total. The molecule has 11 heteroatoms. The Morgan fingerprint density at radius 1 is 1.16 bits per heavy atom. The Morgan fingerprint density at radius 3 is 2.82 bits per heavy atom. The highest BCUT2D eigenvalue weighted by Gasteiger charge is 2.44. The van der Waals surface area contributed by atoms with Gasteiger partial charge in [-0.05, 0) is 93.0 Å². The number of nitrogens with zero attached hydrogens (tertiary/aromatic N) is 5. The van der Waals surface area contributed by atoms with Gasteiger partial charge in [0.25, 0.3) is 5.91 Å². The number of ketones is 1. The molecule has 2 aliphatic heterocycles. The number of aryl methyl sites for hydroxylation is 4. The van der Waals surface area contributed by atoms with E-state index in [9.17, 15) is 13.8 Å². The number of carbonyl (C=O) groups excluding carboxylic acids is 2. The molecule has 2 bridgehead atoms. The topological polar surface area (TPSA) is 116 Å². The van der Waals surface area contributed by atoms with Crippen LogP contribution in [-0.2, 0) is 44.6 Å². The number of rotatable bonds is 6. The molecule has 4 aliphatic rings. The van der Waals surface area contributed by atoms with E-state index in [2.05, 4.69) is 56.7 Å². The summed E-state index contributed by atoms with van der Waals surface area (Å²) in [5.74, 6) is 0.688. The van der Waals surface area contributed by atoms with Crippen LogP contribution in [0.2, 0.25) is 0 Å². The molecule has 3 aromatic rings. The van der Waals surface area contributed by atoms with Crippen molar-refractivity contribution >= 4 is 27.1 Å². The van der Waals surface area contributed by atoms with Crippen molar-refractivity contribution in [1.29, 1.82) is 0 Å². The first-order valence-corrected chi connectivity index (χ1v) is 19.9. The van der Waals surface area contributed by atoms with Gasteiger partial charge in [0, 0.05) is 56.8 Å². The normalized spacial score (nSPS) is 28.7. The van der Waals surface area contributed by atoms with Gasteiger partial charge in [-0.2, -0.15) is 19.4 Å². The second-order valence-corrected chi connectivity index (χ2v) is 17.2. The number of hydrogen-bond acceptors (Lipinski definition) is 8. The van der Waals surface area contributed by atoms with Gasteiger partial charge in [0.2, 0.25) is 0 Å². The van der Waals surface area contributed by atoms with Gasteiger partial charge in [-0.1, -0.05) is 35.9 Å². The van der Waals surface area contributed by atoms with Gasteiger partial charge in [-0.15, -0.1) is 0 Å².